The molecule has 2 heteroatoms. The van der Waals surface area contributed by atoms with Crippen molar-refractivity contribution in [3.63, 3.8) is 0 Å². The summed E-state index contributed by atoms with van der Waals surface area (Å²) in [6.45, 7) is 0. The molecule has 0 spiro atoms. The summed E-state index contributed by atoms with van der Waals surface area (Å²) >= 11 is 0. The van der Waals surface area contributed by atoms with E-state index in [1.165, 1.54) is 11.3 Å². The zero-order valence-corrected chi connectivity index (χ0v) is 10.1. The normalized spacial score (nSPS) is 20.9. The van der Waals surface area contributed by atoms with Gasteiger partial charge >= 0.3 is 0 Å². The third-order valence-electron chi connectivity index (χ3n) is 3.36. The molecular formula is C14H19NO. The molecule has 0 amide bonds. The van der Waals surface area contributed by atoms with Gasteiger partial charge in [0.05, 0.1) is 0 Å². The molecule has 0 aromatic heterocycles. The van der Waals surface area contributed by atoms with Crippen LogP contribution in [0, 0.1) is 0 Å². The van der Waals surface area contributed by atoms with Gasteiger partial charge in [0.2, 0.25) is 0 Å². The molecular weight excluding hydrogens is 198 g/mol. The summed E-state index contributed by atoms with van der Waals surface area (Å²) < 4.78 is 0. The number of hydrogen-bond acceptors (Lipinski definition) is 2. The van der Waals surface area contributed by atoms with Crippen LogP contribution in [0.4, 0.5) is 5.69 Å². The van der Waals surface area contributed by atoms with Gasteiger partial charge in [0.25, 0.3) is 0 Å². The average molecular weight is 217 g/mol. The van der Waals surface area contributed by atoms with Gasteiger partial charge in [-0.15, -0.1) is 0 Å². The number of carbonyl (C=O) groups is 1. The van der Waals surface area contributed by atoms with E-state index in [1.54, 1.807) is 0 Å². The van der Waals surface area contributed by atoms with E-state index in [0.717, 1.165) is 25.7 Å². The van der Waals surface area contributed by atoms with Crippen molar-refractivity contribution in [1.29, 1.82) is 0 Å². The second kappa shape index (κ2) is 4.69. The largest absolute Gasteiger partial charge is 0.378 e. The van der Waals surface area contributed by atoms with Crippen LogP contribution >= 0.6 is 0 Å². The zero-order valence-electron chi connectivity index (χ0n) is 10.1. The molecule has 1 aromatic rings. The molecule has 0 N–H and O–H groups in total. The van der Waals surface area contributed by atoms with E-state index < -0.39 is 0 Å². The van der Waals surface area contributed by atoms with Gasteiger partial charge in [0.15, 0.2) is 0 Å². The van der Waals surface area contributed by atoms with Crippen molar-refractivity contribution >= 4 is 11.5 Å². The quantitative estimate of drug-likeness (QED) is 0.759. The Bertz CT molecular complexity index is 367. The highest BCUT2D eigenvalue weighted by Crippen LogP contribution is 2.31. The van der Waals surface area contributed by atoms with Gasteiger partial charge in [0, 0.05) is 32.6 Å². The van der Waals surface area contributed by atoms with Crippen LogP contribution in [0.3, 0.4) is 0 Å². The van der Waals surface area contributed by atoms with Crippen LogP contribution in [0.5, 0.6) is 0 Å². The predicted molar refractivity (Wildman–Crippen MR) is 67.0 cm³/mol. The van der Waals surface area contributed by atoms with Crippen LogP contribution in [0.1, 0.15) is 37.2 Å². The minimum Gasteiger partial charge on any atom is -0.378 e. The standard InChI is InChI=1S/C14H19NO/c1-15(2)13-8-6-11(7-9-13)12-4-3-5-14(16)10-12/h6-9,12H,3-5,10H2,1-2H3/t12-/m1/s1. The maximum Gasteiger partial charge on any atom is 0.133 e. The Labute approximate surface area is 97.3 Å². The first-order valence-corrected chi connectivity index (χ1v) is 5.96. The Hall–Kier alpha value is -1.31. The minimum absolute atomic E-state index is 0.424. The van der Waals surface area contributed by atoms with Gasteiger partial charge in [-0.1, -0.05) is 12.1 Å². The molecule has 0 bridgehead atoms. The third kappa shape index (κ3) is 2.43. The second-order valence-corrected chi connectivity index (χ2v) is 4.82. The molecule has 0 aliphatic heterocycles. The monoisotopic (exact) mass is 217 g/mol. The fraction of sp³-hybridized carbons (Fsp3) is 0.500. The summed E-state index contributed by atoms with van der Waals surface area (Å²) in [5, 5.41) is 0. The predicted octanol–water partition coefficient (Wildman–Crippen LogP) is 2.98. The molecule has 0 unspecified atom stereocenters. The van der Waals surface area contributed by atoms with Crippen LogP contribution in [-0.4, -0.2) is 19.9 Å². The lowest BCUT2D eigenvalue weighted by molar-refractivity contribution is -0.120. The summed E-state index contributed by atoms with van der Waals surface area (Å²) in [6.07, 6.45) is 3.74. The number of anilines is 1. The average Bonchev–Trinajstić information content (AvgIpc) is 2.29. The number of ketones is 1. The maximum atomic E-state index is 11.4. The Morgan fingerprint density at radius 1 is 1.19 bits per heavy atom. The van der Waals surface area contributed by atoms with E-state index in [9.17, 15) is 4.79 Å². The molecule has 1 aromatic carbocycles. The Balaban J connectivity index is 2.11. The highest BCUT2D eigenvalue weighted by molar-refractivity contribution is 5.80. The molecule has 2 rings (SSSR count). The molecule has 1 atom stereocenters. The highest BCUT2D eigenvalue weighted by atomic mass is 16.1. The number of rotatable bonds is 2. The number of benzene rings is 1. The third-order valence-corrected chi connectivity index (χ3v) is 3.36. The molecule has 1 aliphatic carbocycles. The van der Waals surface area contributed by atoms with Crippen molar-refractivity contribution in [3.8, 4) is 0 Å². The van der Waals surface area contributed by atoms with Crippen LogP contribution in [0.25, 0.3) is 0 Å². The van der Waals surface area contributed by atoms with E-state index in [-0.39, 0.29) is 0 Å². The first kappa shape index (κ1) is 11.2. The van der Waals surface area contributed by atoms with Gasteiger partial charge in [-0.05, 0) is 36.5 Å². The van der Waals surface area contributed by atoms with Crippen molar-refractivity contribution in [1.82, 2.24) is 0 Å². The summed E-state index contributed by atoms with van der Waals surface area (Å²) in [7, 11) is 4.08. The molecule has 1 saturated carbocycles. The molecule has 2 nitrogen and oxygen atoms in total. The van der Waals surface area contributed by atoms with E-state index >= 15 is 0 Å². The fourth-order valence-corrected chi connectivity index (χ4v) is 2.35. The maximum absolute atomic E-state index is 11.4. The van der Waals surface area contributed by atoms with Crippen molar-refractivity contribution in [2.45, 2.75) is 31.6 Å². The van der Waals surface area contributed by atoms with Gasteiger partial charge in [-0.3, -0.25) is 4.79 Å². The molecule has 1 aliphatic rings. The molecule has 0 heterocycles. The molecule has 1 fully saturated rings. The fourth-order valence-electron chi connectivity index (χ4n) is 2.35. The van der Waals surface area contributed by atoms with Crippen LogP contribution < -0.4 is 4.90 Å². The van der Waals surface area contributed by atoms with Gasteiger partial charge in [-0.25, -0.2) is 0 Å². The Morgan fingerprint density at radius 3 is 2.44 bits per heavy atom. The first-order chi connectivity index (χ1) is 7.66. The minimum atomic E-state index is 0.424. The summed E-state index contributed by atoms with van der Waals surface area (Å²) in [6, 6.07) is 8.60. The Morgan fingerprint density at radius 2 is 1.88 bits per heavy atom. The molecule has 0 radical (unpaired) electrons. The summed E-state index contributed by atoms with van der Waals surface area (Å²) in [5.74, 6) is 0.880. The van der Waals surface area contributed by atoms with Crippen molar-refractivity contribution in [2.75, 3.05) is 19.0 Å². The van der Waals surface area contributed by atoms with Gasteiger partial charge in [-0.2, -0.15) is 0 Å². The highest BCUT2D eigenvalue weighted by Gasteiger charge is 2.20. The Kier molecular flexibility index (Phi) is 3.28. The summed E-state index contributed by atoms with van der Waals surface area (Å²) in [4.78, 5) is 13.5. The SMILES string of the molecule is CN(C)c1ccc([C@@H]2CCCC(=O)C2)cc1. The van der Waals surface area contributed by atoms with Gasteiger partial charge in [0.1, 0.15) is 5.78 Å². The summed E-state index contributed by atoms with van der Waals surface area (Å²) in [5.41, 5.74) is 2.53. The van der Waals surface area contributed by atoms with Crippen molar-refractivity contribution in [2.24, 2.45) is 0 Å². The topological polar surface area (TPSA) is 20.3 Å². The molecule has 86 valence electrons. The van der Waals surface area contributed by atoms with Crippen LogP contribution in [-0.2, 0) is 4.79 Å². The van der Waals surface area contributed by atoms with Crippen LogP contribution in [0.15, 0.2) is 24.3 Å². The van der Waals surface area contributed by atoms with Crippen molar-refractivity contribution in [3.05, 3.63) is 29.8 Å². The zero-order chi connectivity index (χ0) is 11.5. The lowest BCUT2D eigenvalue weighted by Gasteiger charge is -2.22. The second-order valence-electron chi connectivity index (χ2n) is 4.82. The number of nitrogens with zero attached hydrogens (tertiary/aromatic N) is 1. The van der Waals surface area contributed by atoms with E-state index in [1.807, 2.05) is 14.1 Å². The number of carbonyl (C=O) groups excluding carboxylic acids is 1. The van der Waals surface area contributed by atoms with E-state index in [4.69, 9.17) is 0 Å². The van der Waals surface area contributed by atoms with Crippen molar-refractivity contribution < 1.29 is 4.79 Å². The van der Waals surface area contributed by atoms with E-state index in [0.29, 0.717) is 11.7 Å². The van der Waals surface area contributed by atoms with Gasteiger partial charge < -0.3 is 4.90 Å². The van der Waals surface area contributed by atoms with Crippen LogP contribution in [0.2, 0.25) is 0 Å². The smallest absolute Gasteiger partial charge is 0.133 e. The number of hydrogen-bond donors (Lipinski definition) is 0. The lowest BCUT2D eigenvalue weighted by Crippen LogP contribution is -2.13. The number of Topliss-reactive ketones (excluding diaryl/α,β-unsaturated/α-hetero) is 1. The van der Waals surface area contributed by atoms with E-state index in [2.05, 4.69) is 29.2 Å². The molecule has 16 heavy (non-hydrogen) atoms. The lowest BCUT2D eigenvalue weighted by atomic mass is 9.83. The molecule has 0 saturated heterocycles. The first-order valence-electron chi connectivity index (χ1n) is 5.96.